The first-order valence-electron chi connectivity index (χ1n) is 4.21. The molecule has 4 nitrogen and oxygen atoms in total. The fourth-order valence-corrected chi connectivity index (χ4v) is 1.39. The van der Waals surface area contributed by atoms with Gasteiger partial charge in [0.15, 0.2) is 5.83 Å². The van der Waals surface area contributed by atoms with Crippen LogP contribution in [0.25, 0.3) is 5.83 Å². The van der Waals surface area contributed by atoms with Crippen molar-refractivity contribution in [3.05, 3.63) is 34.8 Å². The van der Waals surface area contributed by atoms with Crippen molar-refractivity contribution >= 4 is 17.6 Å². The van der Waals surface area contributed by atoms with Crippen molar-refractivity contribution < 1.29 is 19.1 Å². The number of carbonyl (C=O) groups excluding carboxylic acids is 1. The summed E-state index contributed by atoms with van der Waals surface area (Å²) >= 11 is 0. The van der Waals surface area contributed by atoms with E-state index in [0.717, 1.165) is 0 Å². The van der Waals surface area contributed by atoms with E-state index in [4.69, 9.17) is 5.11 Å². The highest BCUT2D eigenvalue weighted by atomic mass is 19.1. The lowest BCUT2D eigenvalue weighted by Crippen LogP contribution is -2.42. The molecule has 15 heavy (non-hydrogen) atoms. The standard InChI is InChI=1S/C10H6FNO3/c11-7-5-3-1-2-4-6(5)12-8(9(7)13)10(14)15/h1-4,8H,(H,14,15). The smallest absolute Gasteiger partial charge is 0.336 e. The SMILES string of the molecule is O=C(O)C1N=c2ccccc2=C(F)C1=O. The Bertz CT molecular complexity index is 564. The number of rotatable bonds is 1. The van der Waals surface area contributed by atoms with Gasteiger partial charge in [-0.3, -0.25) is 9.79 Å². The van der Waals surface area contributed by atoms with Gasteiger partial charge in [0.25, 0.3) is 0 Å². The maximum Gasteiger partial charge on any atom is 0.336 e. The number of aliphatic carboxylic acids is 1. The Labute approximate surface area is 83.4 Å². The van der Waals surface area contributed by atoms with Crippen LogP contribution in [0.5, 0.6) is 0 Å². The number of ketones is 1. The van der Waals surface area contributed by atoms with Crippen LogP contribution < -0.4 is 10.6 Å². The number of hydrogen-bond donors (Lipinski definition) is 1. The molecule has 1 aromatic rings. The fourth-order valence-electron chi connectivity index (χ4n) is 1.39. The van der Waals surface area contributed by atoms with Crippen LogP contribution in [-0.4, -0.2) is 22.9 Å². The first-order chi connectivity index (χ1) is 7.11. The molecule has 0 saturated heterocycles. The third-order valence-corrected chi connectivity index (χ3v) is 2.11. The molecular formula is C10H6FNO3. The van der Waals surface area contributed by atoms with E-state index in [0.29, 0.717) is 0 Å². The van der Waals surface area contributed by atoms with Gasteiger partial charge in [0.1, 0.15) is 0 Å². The highest BCUT2D eigenvalue weighted by Crippen LogP contribution is 2.07. The third-order valence-electron chi connectivity index (χ3n) is 2.11. The van der Waals surface area contributed by atoms with Crippen molar-refractivity contribution in [2.24, 2.45) is 4.99 Å². The van der Waals surface area contributed by atoms with Gasteiger partial charge in [-0.15, -0.1) is 0 Å². The maximum atomic E-state index is 13.4. The van der Waals surface area contributed by atoms with Crippen LogP contribution in [0.2, 0.25) is 0 Å². The van der Waals surface area contributed by atoms with E-state index in [-0.39, 0.29) is 10.6 Å². The number of fused-ring (bicyclic) bond motifs is 1. The van der Waals surface area contributed by atoms with Crippen molar-refractivity contribution in [1.82, 2.24) is 0 Å². The number of carboxylic acid groups (broad SMARTS) is 1. The van der Waals surface area contributed by atoms with Gasteiger partial charge in [0, 0.05) is 5.22 Å². The molecule has 0 spiro atoms. The Kier molecular flexibility index (Phi) is 2.07. The predicted molar refractivity (Wildman–Crippen MR) is 48.2 cm³/mol. The van der Waals surface area contributed by atoms with Crippen LogP contribution in [0.1, 0.15) is 0 Å². The van der Waals surface area contributed by atoms with E-state index in [2.05, 4.69) is 4.99 Å². The first kappa shape index (κ1) is 9.51. The largest absolute Gasteiger partial charge is 0.479 e. The molecule has 0 aromatic heterocycles. The normalized spacial score (nSPS) is 19.4. The molecule has 76 valence electrons. The molecule has 0 fully saturated rings. The Morgan fingerprint density at radius 3 is 2.73 bits per heavy atom. The topological polar surface area (TPSA) is 66.7 Å². The summed E-state index contributed by atoms with van der Waals surface area (Å²) in [6.07, 6.45) is 0. The zero-order valence-electron chi connectivity index (χ0n) is 7.48. The van der Waals surface area contributed by atoms with E-state index in [1.54, 1.807) is 12.1 Å². The molecule has 0 radical (unpaired) electrons. The van der Waals surface area contributed by atoms with E-state index in [1.165, 1.54) is 12.1 Å². The second-order valence-electron chi connectivity index (χ2n) is 3.07. The Morgan fingerprint density at radius 1 is 1.40 bits per heavy atom. The minimum absolute atomic E-state index is 0.0556. The number of halogens is 1. The molecule has 1 heterocycles. The van der Waals surface area contributed by atoms with Gasteiger partial charge in [-0.25, -0.2) is 9.18 Å². The molecule has 1 N–H and O–H groups in total. The van der Waals surface area contributed by atoms with E-state index < -0.39 is 23.6 Å². The second kappa shape index (κ2) is 3.27. The highest BCUT2D eigenvalue weighted by molar-refractivity contribution is 6.22. The van der Waals surface area contributed by atoms with Crippen molar-refractivity contribution in [2.75, 3.05) is 0 Å². The molecule has 0 amide bonds. The summed E-state index contributed by atoms with van der Waals surface area (Å²) in [5, 5.41) is 8.91. The van der Waals surface area contributed by atoms with Gasteiger partial charge in [0.05, 0.1) is 5.36 Å². The lowest BCUT2D eigenvalue weighted by Gasteiger charge is -2.09. The van der Waals surface area contributed by atoms with Crippen molar-refractivity contribution in [3.8, 4) is 0 Å². The molecule has 0 aliphatic carbocycles. The number of Topliss-reactive ketones (excluding diaryl/α,β-unsaturated/α-hetero) is 1. The summed E-state index contributed by atoms with van der Waals surface area (Å²) in [7, 11) is 0. The summed E-state index contributed by atoms with van der Waals surface area (Å²) < 4.78 is 13.4. The van der Waals surface area contributed by atoms with Gasteiger partial charge in [-0.05, 0) is 12.1 Å². The zero-order chi connectivity index (χ0) is 11.0. The van der Waals surface area contributed by atoms with Gasteiger partial charge in [-0.2, -0.15) is 0 Å². The number of carboxylic acids is 1. The number of para-hydroxylation sites is 1. The number of nitrogens with zero attached hydrogens (tertiary/aromatic N) is 1. The minimum atomic E-state index is -1.65. The number of benzene rings is 1. The summed E-state index contributed by atoms with van der Waals surface area (Å²) in [4.78, 5) is 25.5. The fraction of sp³-hybridized carbons (Fsp3) is 0.100. The highest BCUT2D eigenvalue weighted by Gasteiger charge is 2.31. The van der Waals surface area contributed by atoms with E-state index in [9.17, 15) is 14.0 Å². The van der Waals surface area contributed by atoms with Gasteiger partial charge in [-0.1, -0.05) is 12.1 Å². The quantitative estimate of drug-likeness (QED) is 0.626. The predicted octanol–water partition coefficient (Wildman–Crippen LogP) is -0.580. The van der Waals surface area contributed by atoms with Crippen LogP contribution in [0.15, 0.2) is 29.3 Å². The van der Waals surface area contributed by atoms with Crippen LogP contribution in [0.3, 0.4) is 0 Å². The van der Waals surface area contributed by atoms with Gasteiger partial charge < -0.3 is 5.11 Å². The van der Waals surface area contributed by atoms with Crippen LogP contribution in [-0.2, 0) is 9.59 Å². The average molecular weight is 207 g/mol. The molecule has 1 unspecified atom stereocenters. The molecule has 1 aliphatic heterocycles. The van der Waals surface area contributed by atoms with Crippen molar-refractivity contribution in [3.63, 3.8) is 0 Å². The molecule has 1 atom stereocenters. The molecule has 0 saturated carbocycles. The van der Waals surface area contributed by atoms with Crippen molar-refractivity contribution in [2.45, 2.75) is 6.04 Å². The zero-order valence-corrected chi connectivity index (χ0v) is 7.48. The molecule has 1 aliphatic rings. The summed E-state index contributed by atoms with van der Waals surface area (Å²) in [6, 6.07) is 4.37. The Morgan fingerprint density at radius 2 is 2.07 bits per heavy atom. The molecule has 5 heteroatoms. The monoisotopic (exact) mass is 207 g/mol. The Balaban J connectivity index is 2.78. The van der Waals surface area contributed by atoms with Crippen LogP contribution in [0.4, 0.5) is 4.39 Å². The number of carbonyl (C=O) groups is 2. The molecular weight excluding hydrogens is 201 g/mol. The lowest BCUT2D eigenvalue weighted by atomic mass is 10.1. The summed E-state index contributed by atoms with van der Waals surface area (Å²) in [5.74, 6) is -3.57. The van der Waals surface area contributed by atoms with Gasteiger partial charge >= 0.3 is 5.97 Å². The third kappa shape index (κ3) is 1.41. The second-order valence-corrected chi connectivity index (χ2v) is 3.07. The van der Waals surface area contributed by atoms with Gasteiger partial charge in [0.2, 0.25) is 11.8 Å². The Hall–Kier alpha value is -2.04. The average Bonchev–Trinajstić information content (AvgIpc) is 2.23. The number of hydrogen-bond acceptors (Lipinski definition) is 3. The molecule has 2 rings (SSSR count). The molecule has 0 bridgehead atoms. The summed E-state index contributed by atoms with van der Waals surface area (Å²) in [5.41, 5.74) is 0. The van der Waals surface area contributed by atoms with Crippen LogP contribution >= 0.6 is 0 Å². The lowest BCUT2D eigenvalue weighted by molar-refractivity contribution is -0.141. The molecule has 1 aromatic carbocycles. The maximum absolute atomic E-state index is 13.4. The first-order valence-corrected chi connectivity index (χ1v) is 4.21. The van der Waals surface area contributed by atoms with Crippen LogP contribution in [0, 0.1) is 0 Å². The van der Waals surface area contributed by atoms with Crippen molar-refractivity contribution in [1.29, 1.82) is 0 Å². The minimum Gasteiger partial charge on any atom is -0.479 e. The van der Waals surface area contributed by atoms with E-state index >= 15 is 0 Å². The summed E-state index contributed by atoms with van der Waals surface area (Å²) in [6.45, 7) is 0. The van der Waals surface area contributed by atoms with E-state index in [1.807, 2.05) is 0 Å².